The quantitative estimate of drug-likeness (QED) is 0.778. The molecule has 1 unspecified atom stereocenters. The van der Waals surface area contributed by atoms with Gasteiger partial charge in [0.2, 0.25) is 5.91 Å². The van der Waals surface area contributed by atoms with Gasteiger partial charge in [0.25, 0.3) is 5.91 Å². The molecule has 1 atom stereocenters. The molecule has 0 aliphatic carbocycles. The molecule has 1 aromatic rings. The molecular weight excluding hydrogens is 313 g/mol. The second-order valence-electron chi connectivity index (χ2n) is 6.46. The Labute approximate surface area is 140 Å². The van der Waals surface area contributed by atoms with Gasteiger partial charge >= 0.3 is 6.03 Å². The highest BCUT2D eigenvalue weighted by atomic mass is 19.1. The predicted octanol–water partition coefficient (Wildman–Crippen LogP) is 1.75. The highest BCUT2D eigenvalue weighted by Gasteiger charge is 2.50. The van der Waals surface area contributed by atoms with Crippen molar-refractivity contribution in [2.24, 2.45) is 5.92 Å². The lowest BCUT2D eigenvalue weighted by Crippen LogP contribution is -2.43. The van der Waals surface area contributed by atoms with Crippen LogP contribution in [0.25, 0.3) is 0 Å². The summed E-state index contributed by atoms with van der Waals surface area (Å²) in [6.45, 7) is 5.59. The molecule has 2 N–H and O–H groups in total. The molecular formula is C17H22FN3O3. The molecule has 1 saturated heterocycles. The van der Waals surface area contributed by atoms with Crippen LogP contribution in [0.15, 0.2) is 24.3 Å². The van der Waals surface area contributed by atoms with Crippen molar-refractivity contribution in [2.45, 2.75) is 32.7 Å². The minimum absolute atomic E-state index is 0.0751. The Morgan fingerprint density at radius 2 is 2.00 bits per heavy atom. The molecule has 4 amide bonds. The van der Waals surface area contributed by atoms with E-state index in [0.29, 0.717) is 12.5 Å². The van der Waals surface area contributed by atoms with E-state index in [1.807, 2.05) is 13.8 Å². The normalized spacial score (nSPS) is 20.5. The largest absolute Gasteiger partial charge is 0.355 e. The lowest BCUT2D eigenvalue weighted by Gasteiger charge is -2.22. The molecule has 24 heavy (non-hydrogen) atoms. The smallest absolute Gasteiger partial charge is 0.325 e. The van der Waals surface area contributed by atoms with Crippen LogP contribution in [0.5, 0.6) is 0 Å². The summed E-state index contributed by atoms with van der Waals surface area (Å²) in [7, 11) is 0. The average molecular weight is 335 g/mol. The molecule has 1 aliphatic heterocycles. The van der Waals surface area contributed by atoms with E-state index < -0.39 is 29.2 Å². The molecule has 1 fully saturated rings. The molecule has 6 nitrogen and oxygen atoms in total. The summed E-state index contributed by atoms with van der Waals surface area (Å²) in [6.07, 6.45) is 0.804. The summed E-state index contributed by atoms with van der Waals surface area (Å²) in [5.41, 5.74) is -1.44. The second-order valence-corrected chi connectivity index (χ2v) is 6.46. The van der Waals surface area contributed by atoms with Crippen LogP contribution in [0, 0.1) is 11.7 Å². The molecule has 1 aliphatic rings. The number of hydrogen-bond donors (Lipinski definition) is 2. The fourth-order valence-corrected chi connectivity index (χ4v) is 2.59. The van der Waals surface area contributed by atoms with Gasteiger partial charge in [-0.15, -0.1) is 0 Å². The maximum Gasteiger partial charge on any atom is 0.325 e. The zero-order valence-corrected chi connectivity index (χ0v) is 14.1. The van der Waals surface area contributed by atoms with Gasteiger partial charge in [0.15, 0.2) is 0 Å². The number of imide groups is 1. The van der Waals surface area contributed by atoms with Crippen LogP contribution < -0.4 is 10.6 Å². The van der Waals surface area contributed by atoms with E-state index >= 15 is 0 Å². The summed E-state index contributed by atoms with van der Waals surface area (Å²) in [5, 5.41) is 5.16. The number of urea groups is 1. The lowest BCUT2D eigenvalue weighted by molar-refractivity contribution is -0.134. The first-order valence-corrected chi connectivity index (χ1v) is 7.91. The number of amides is 4. The summed E-state index contributed by atoms with van der Waals surface area (Å²) in [5.74, 6) is -1.21. The number of nitrogens with one attached hydrogen (secondary N) is 2. The monoisotopic (exact) mass is 335 g/mol. The van der Waals surface area contributed by atoms with Crippen molar-refractivity contribution in [3.05, 3.63) is 35.6 Å². The second kappa shape index (κ2) is 6.98. The molecule has 7 heteroatoms. The number of carbonyl (C=O) groups excluding carboxylic acids is 3. The SMILES string of the molecule is CC(C)CCNC(=O)CN1C(=O)NC(C)(c2ccccc2F)C1=O. The minimum atomic E-state index is -1.51. The van der Waals surface area contributed by atoms with Gasteiger partial charge in [0.1, 0.15) is 17.9 Å². The minimum Gasteiger partial charge on any atom is -0.355 e. The predicted molar refractivity (Wildman–Crippen MR) is 86.5 cm³/mol. The Kier molecular flexibility index (Phi) is 5.21. The molecule has 130 valence electrons. The van der Waals surface area contributed by atoms with Gasteiger partial charge in [0.05, 0.1) is 0 Å². The van der Waals surface area contributed by atoms with Crippen LogP contribution in [-0.4, -0.2) is 35.8 Å². The highest BCUT2D eigenvalue weighted by Crippen LogP contribution is 2.30. The van der Waals surface area contributed by atoms with Gasteiger partial charge in [-0.05, 0) is 25.3 Å². The molecule has 1 aromatic carbocycles. The average Bonchev–Trinajstić information content (AvgIpc) is 2.71. The van der Waals surface area contributed by atoms with Gasteiger partial charge in [-0.1, -0.05) is 32.0 Å². The number of benzene rings is 1. The van der Waals surface area contributed by atoms with Crippen LogP contribution in [0.1, 0.15) is 32.8 Å². The number of rotatable bonds is 6. The lowest BCUT2D eigenvalue weighted by atomic mass is 9.91. The third-order valence-electron chi connectivity index (χ3n) is 4.03. The van der Waals surface area contributed by atoms with Gasteiger partial charge < -0.3 is 10.6 Å². The van der Waals surface area contributed by atoms with Crippen LogP contribution in [0.2, 0.25) is 0 Å². The maximum absolute atomic E-state index is 14.0. The fraction of sp³-hybridized carbons (Fsp3) is 0.471. The highest BCUT2D eigenvalue weighted by molar-refractivity contribution is 6.09. The summed E-state index contributed by atoms with van der Waals surface area (Å²) in [4.78, 5) is 37.4. The Balaban J connectivity index is 2.09. The van der Waals surface area contributed by atoms with Crippen molar-refractivity contribution in [1.82, 2.24) is 15.5 Å². The molecule has 0 spiro atoms. The Morgan fingerprint density at radius 3 is 2.62 bits per heavy atom. The van der Waals surface area contributed by atoms with Crippen molar-refractivity contribution < 1.29 is 18.8 Å². The first-order chi connectivity index (χ1) is 11.3. The number of halogens is 1. The van der Waals surface area contributed by atoms with E-state index in [0.717, 1.165) is 11.3 Å². The van der Waals surface area contributed by atoms with Crippen molar-refractivity contribution >= 4 is 17.8 Å². The van der Waals surface area contributed by atoms with Crippen molar-refractivity contribution in [3.8, 4) is 0 Å². The van der Waals surface area contributed by atoms with E-state index in [2.05, 4.69) is 10.6 Å². The number of carbonyl (C=O) groups is 3. The topological polar surface area (TPSA) is 78.5 Å². The van der Waals surface area contributed by atoms with E-state index in [-0.39, 0.29) is 12.1 Å². The molecule has 0 saturated carbocycles. The molecule has 2 rings (SSSR count). The maximum atomic E-state index is 14.0. The summed E-state index contributed by atoms with van der Waals surface area (Å²) >= 11 is 0. The van der Waals surface area contributed by atoms with Crippen molar-refractivity contribution in [3.63, 3.8) is 0 Å². The molecule has 1 heterocycles. The van der Waals surface area contributed by atoms with Gasteiger partial charge in [-0.2, -0.15) is 0 Å². The van der Waals surface area contributed by atoms with Crippen LogP contribution in [0.4, 0.5) is 9.18 Å². The van der Waals surface area contributed by atoms with Gasteiger partial charge in [0, 0.05) is 12.1 Å². The molecule has 0 radical (unpaired) electrons. The number of nitrogens with zero attached hydrogens (tertiary/aromatic N) is 1. The van der Waals surface area contributed by atoms with Crippen LogP contribution in [-0.2, 0) is 15.1 Å². The molecule has 0 bridgehead atoms. The first kappa shape index (κ1) is 17.9. The van der Waals surface area contributed by atoms with Crippen molar-refractivity contribution in [2.75, 3.05) is 13.1 Å². The Morgan fingerprint density at radius 1 is 1.33 bits per heavy atom. The zero-order valence-electron chi connectivity index (χ0n) is 14.1. The zero-order chi connectivity index (χ0) is 17.9. The fourth-order valence-electron chi connectivity index (χ4n) is 2.59. The third kappa shape index (κ3) is 3.55. The van der Waals surface area contributed by atoms with E-state index in [9.17, 15) is 18.8 Å². The van der Waals surface area contributed by atoms with Crippen molar-refractivity contribution in [1.29, 1.82) is 0 Å². The van der Waals surface area contributed by atoms with Crippen LogP contribution in [0.3, 0.4) is 0 Å². The van der Waals surface area contributed by atoms with Gasteiger partial charge in [-0.25, -0.2) is 9.18 Å². The third-order valence-corrected chi connectivity index (χ3v) is 4.03. The Bertz CT molecular complexity index is 662. The van der Waals surface area contributed by atoms with Gasteiger partial charge in [-0.3, -0.25) is 14.5 Å². The Hall–Kier alpha value is -2.44. The summed E-state index contributed by atoms with van der Waals surface area (Å²) in [6, 6.07) is 5.05. The molecule has 0 aromatic heterocycles. The standard InChI is InChI=1S/C17H22FN3O3/c1-11(2)8-9-19-14(22)10-21-15(23)17(3,20-16(21)24)12-6-4-5-7-13(12)18/h4-7,11H,8-10H2,1-3H3,(H,19,22)(H,20,24). The van der Waals surface area contributed by atoms with Crippen LogP contribution >= 0.6 is 0 Å². The van der Waals surface area contributed by atoms with E-state index in [1.165, 1.54) is 25.1 Å². The van der Waals surface area contributed by atoms with E-state index in [1.54, 1.807) is 6.07 Å². The summed E-state index contributed by atoms with van der Waals surface area (Å²) < 4.78 is 14.0. The number of hydrogen-bond acceptors (Lipinski definition) is 3. The first-order valence-electron chi connectivity index (χ1n) is 7.91. The van der Waals surface area contributed by atoms with E-state index in [4.69, 9.17) is 0 Å².